The number of piperidine rings is 2. The number of hydrogen-bond acceptors (Lipinski definition) is 1. The van der Waals surface area contributed by atoms with Gasteiger partial charge in [0.1, 0.15) is 0 Å². The van der Waals surface area contributed by atoms with Crippen LogP contribution in [0.2, 0.25) is 0 Å². The third-order valence-electron chi connectivity index (χ3n) is 7.38. The number of rotatable bonds is 0. The average Bonchev–Trinajstić information content (AvgIpc) is 2.58. The smallest absolute Gasteiger partial charge is 0.320 e. The zero-order valence-electron chi connectivity index (χ0n) is 15.3. The molecule has 2 fully saturated rings. The maximum absolute atomic E-state index is 13.2. The SMILES string of the molecule is CC1(C)[C@@H]2Cc3ccccc3[C@]1(C)CCN2C(=O)N1CCCCC1. The van der Waals surface area contributed by atoms with Crippen molar-refractivity contribution in [3.8, 4) is 0 Å². The number of fused-ring (bicyclic) bond motifs is 4. The highest BCUT2D eigenvalue weighted by molar-refractivity contribution is 5.75. The predicted molar refractivity (Wildman–Crippen MR) is 97.2 cm³/mol. The van der Waals surface area contributed by atoms with Gasteiger partial charge in [-0.3, -0.25) is 0 Å². The third kappa shape index (κ3) is 2.13. The van der Waals surface area contributed by atoms with E-state index < -0.39 is 0 Å². The molecule has 130 valence electrons. The van der Waals surface area contributed by atoms with Crippen LogP contribution in [0.15, 0.2) is 24.3 Å². The average molecular weight is 326 g/mol. The summed E-state index contributed by atoms with van der Waals surface area (Å²) in [7, 11) is 0. The van der Waals surface area contributed by atoms with E-state index in [2.05, 4.69) is 54.8 Å². The number of benzene rings is 1. The molecule has 1 aromatic rings. The minimum Gasteiger partial charge on any atom is -0.325 e. The summed E-state index contributed by atoms with van der Waals surface area (Å²) < 4.78 is 0. The molecule has 2 aliphatic heterocycles. The summed E-state index contributed by atoms with van der Waals surface area (Å²) in [6.45, 7) is 9.95. The van der Waals surface area contributed by atoms with E-state index in [0.29, 0.717) is 6.04 Å². The molecule has 4 rings (SSSR count). The van der Waals surface area contributed by atoms with Crippen molar-refractivity contribution in [1.82, 2.24) is 9.80 Å². The van der Waals surface area contributed by atoms with Crippen LogP contribution in [-0.2, 0) is 11.8 Å². The lowest BCUT2D eigenvalue weighted by Crippen LogP contribution is -2.66. The van der Waals surface area contributed by atoms with Crippen molar-refractivity contribution in [3.63, 3.8) is 0 Å². The Bertz CT molecular complexity index is 647. The topological polar surface area (TPSA) is 23.6 Å². The van der Waals surface area contributed by atoms with Crippen LogP contribution < -0.4 is 0 Å². The predicted octanol–water partition coefficient (Wildman–Crippen LogP) is 4.21. The quantitative estimate of drug-likeness (QED) is 0.700. The molecule has 0 spiro atoms. The van der Waals surface area contributed by atoms with Crippen molar-refractivity contribution < 1.29 is 4.79 Å². The van der Waals surface area contributed by atoms with Crippen molar-refractivity contribution in [2.24, 2.45) is 5.41 Å². The van der Waals surface area contributed by atoms with Gasteiger partial charge in [-0.15, -0.1) is 0 Å². The molecule has 0 N–H and O–H groups in total. The van der Waals surface area contributed by atoms with Gasteiger partial charge in [0, 0.05) is 31.1 Å². The molecule has 2 bridgehead atoms. The van der Waals surface area contributed by atoms with E-state index >= 15 is 0 Å². The number of carbonyl (C=O) groups is 1. The lowest BCUT2D eigenvalue weighted by Gasteiger charge is -2.61. The largest absolute Gasteiger partial charge is 0.325 e. The molecular formula is C21H30N2O. The van der Waals surface area contributed by atoms with Crippen LogP contribution in [0, 0.1) is 5.41 Å². The number of hydrogen-bond donors (Lipinski definition) is 0. The van der Waals surface area contributed by atoms with Gasteiger partial charge < -0.3 is 9.80 Å². The van der Waals surface area contributed by atoms with E-state index in [1.165, 1.54) is 17.5 Å². The summed E-state index contributed by atoms with van der Waals surface area (Å²) in [5, 5.41) is 0. The molecule has 1 aliphatic carbocycles. The molecule has 3 nitrogen and oxygen atoms in total. The molecule has 3 aliphatic rings. The minimum atomic E-state index is 0.102. The Kier molecular flexibility index (Phi) is 3.67. The Balaban J connectivity index is 1.69. The Morgan fingerprint density at radius 3 is 2.50 bits per heavy atom. The molecular weight excluding hydrogens is 296 g/mol. The first-order chi connectivity index (χ1) is 11.4. The fraction of sp³-hybridized carbons (Fsp3) is 0.667. The van der Waals surface area contributed by atoms with Crippen LogP contribution in [0.3, 0.4) is 0 Å². The van der Waals surface area contributed by atoms with E-state index in [-0.39, 0.29) is 16.9 Å². The van der Waals surface area contributed by atoms with E-state index in [1.807, 2.05) is 0 Å². The molecule has 0 saturated carbocycles. The molecule has 0 radical (unpaired) electrons. The maximum atomic E-state index is 13.2. The summed E-state index contributed by atoms with van der Waals surface area (Å²) in [4.78, 5) is 17.5. The lowest BCUT2D eigenvalue weighted by molar-refractivity contribution is -0.0242. The molecule has 2 amide bonds. The number of nitrogens with zero attached hydrogens (tertiary/aromatic N) is 2. The zero-order chi connectivity index (χ0) is 16.9. The zero-order valence-corrected chi connectivity index (χ0v) is 15.3. The van der Waals surface area contributed by atoms with Gasteiger partial charge in [0.2, 0.25) is 0 Å². The number of amides is 2. The summed E-state index contributed by atoms with van der Waals surface area (Å²) in [6, 6.07) is 9.49. The van der Waals surface area contributed by atoms with Gasteiger partial charge in [0.05, 0.1) is 0 Å². The number of carbonyl (C=O) groups excluding carboxylic acids is 1. The molecule has 2 saturated heterocycles. The fourth-order valence-electron chi connectivity index (χ4n) is 5.37. The van der Waals surface area contributed by atoms with Crippen LogP contribution in [0.25, 0.3) is 0 Å². The molecule has 2 atom stereocenters. The van der Waals surface area contributed by atoms with E-state index in [1.54, 1.807) is 0 Å². The van der Waals surface area contributed by atoms with Crippen LogP contribution in [0.4, 0.5) is 4.79 Å². The molecule has 1 aromatic carbocycles. The number of likely N-dealkylation sites (tertiary alicyclic amines) is 2. The Hall–Kier alpha value is -1.51. The first-order valence-corrected chi connectivity index (χ1v) is 9.59. The van der Waals surface area contributed by atoms with Crippen molar-refractivity contribution in [1.29, 1.82) is 0 Å². The summed E-state index contributed by atoms with van der Waals surface area (Å²) in [5.74, 6) is 0. The van der Waals surface area contributed by atoms with E-state index in [0.717, 1.165) is 45.3 Å². The van der Waals surface area contributed by atoms with Crippen molar-refractivity contribution in [3.05, 3.63) is 35.4 Å². The van der Waals surface area contributed by atoms with Crippen molar-refractivity contribution in [2.75, 3.05) is 19.6 Å². The second kappa shape index (κ2) is 5.50. The Labute approximate surface area is 146 Å². The number of urea groups is 1. The first-order valence-electron chi connectivity index (χ1n) is 9.59. The van der Waals surface area contributed by atoms with E-state index in [9.17, 15) is 4.79 Å². The first kappa shape index (κ1) is 16.0. The van der Waals surface area contributed by atoms with Crippen LogP contribution >= 0.6 is 0 Å². The molecule has 0 unspecified atom stereocenters. The summed E-state index contributed by atoms with van der Waals surface area (Å²) in [6.07, 6.45) is 5.65. The summed E-state index contributed by atoms with van der Waals surface area (Å²) in [5.41, 5.74) is 3.22. The van der Waals surface area contributed by atoms with Gasteiger partial charge in [-0.05, 0) is 48.6 Å². The van der Waals surface area contributed by atoms with Gasteiger partial charge in [-0.1, -0.05) is 45.0 Å². The van der Waals surface area contributed by atoms with Crippen molar-refractivity contribution >= 4 is 6.03 Å². The highest BCUT2D eigenvalue weighted by Gasteiger charge is 2.57. The van der Waals surface area contributed by atoms with E-state index in [4.69, 9.17) is 0 Å². The highest BCUT2D eigenvalue weighted by atomic mass is 16.2. The summed E-state index contributed by atoms with van der Waals surface area (Å²) >= 11 is 0. The van der Waals surface area contributed by atoms with Gasteiger partial charge in [-0.2, -0.15) is 0 Å². The lowest BCUT2D eigenvalue weighted by atomic mass is 9.51. The molecule has 0 aromatic heterocycles. The second-order valence-electron chi connectivity index (χ2n) is 8.70. The molecule has 2 heterocycles. The van der Waals surface area contributed by atoms with Crippen molar-refractivity contribution in [2.45, 2.75) is 64.3 Å². The highest BCUT2D eigenvalue weighted by Crippen LogP contribution is 2.56. The monoisotopic (exact) mass is 326 g/mol. The van der Waals surface area contributed by atoms with Gasteiger partial charge in [0.25, 0.3) is 0 Å². The van der Waals surface area contributed by atoms with Crippen LogP contribution in [0.1, 0.15) is 57.6 Å². The third-order valence-corrected chi connectivity index (χ3v) is 7.38. The van der Waals surface area contributed by atoms with Gasteiger partial charge >= 0.3 is 6.03 Å². The van der Waals surface area contributed by atoms with Crippen LogP contribution in [0.5, 0.6) is 0 Å². The minimum absolute atomic E-state index is 0.102. The Morgan fingerprint density at radius 2 is 1.75 bits per heavy atom. The second-order valence-corrected chi connectivity index (χ2v) is 8.70. The molecule has 3 heteroatoms. The normalized spacial score (nSPS) is 31.5. The standard InChI is InChI=1S/C21H30N2O/c1-20(2)18-15-16-9-5-6-10-17(16)21(20,3)11-14-23(18)19(24)22-12-7-4-8-13-22/h5-6,9-10,18H,4,7-8,11-15H2,1-3H3/t18-,21-/m0/s1. The Morgan fingerprint density at radius 1 is 1.04 bits per heavy atom. The molecule has 24 heavy (non-hydrogen) atoms. The van der Waals surface area contributed by atoms with Crippen LogP contribution in [-0.4, -0.2) is 41.5 Å². The van der Waals surface area contributed by atoms with Gasteiger partial charge in [-0.25, -0.2) is 4.79 Å². The van der Waals surface area contributed by atoms with Gasteiger partial charge in [0.15, 0.2) is 0 Å². The maximum Gasteiger partial charge on any atom is 0.320 e. The fourth-order valence-corrected chi connectivity index (χ4v) is 5.37.